The number of H-pyrrole nitrogens is 1. The lowest BCUT2D eigenvalue weighted by Gasteiger charge is -1.98. The molecule has 0 amide bonds. The molecule has 0 aliphatic heterocycles. The highest BCUT2D eigenvalue weighted by Gasteiger charge is 2.16. The van der Waals surface area contributed by atoms with Gasteiger partial charge in [-0.25, -0.2) is 0 Å². The van der Waals surface area contributed by atoms with E-state index in [0.29, 0.717) is 11.0 Å². The number of aromatic amines is 1. The number of hydrogen-bond donors (Lipinski definition) is 3. The summed E-state index contributed by atoms with van der Waals surface area (Å²) in [6.07, 6.45) is 0. The predicted molar refractivity (Wildman–Crippen MR) is 50.7 cm³/mol. The van der Waals surface area contributed by atoms with Gasteiger partial charge < -0.3 is 10.0 Å². The molecule has 0 atom stereocenters. The van der Waals surface area contributed by atoms with Gasteiger partial charge in [-0.15, -0.1) is 0 Å². The van der Waals surface area contributed by atoms with Crippen LogP contribution < -0.4 is 5.46 Å². The zero-order valence-corrected chi connectivity index (χ0v) is 7.15. The third kappa shape index (κ3) is 1.22. The summed E-state index contributed by atoms with van der Waals surface area (Å²) in [6.45, 7) is 1.89. The van der Waals surface area contributed by atoms with Crippen molar-refractivity contribution in [2.45, 2.75) is 6.92 Å². The van der Waals surface area contributed by atoms with Crippen LogP contribution in [0.4, 0.5) is 0 Å². The SMILES string of the molecule is Cc1[nH]nc2c(B(O)O)cccc12. The van der Waals surface area contributed by atoms with Gasteiger partial charge in [-0.1, -0.05) is 18.2 Å². The normalized spacial score (nSPS) is 10.7. The molecule has 0 aliphatic carbocycles. The maximum absolute atomic E-state index is 9.03. The highest BCUT2D eigenvalue weighted by molar-refractivity contribution is 6.61. The van der Waals surface area contributed by atoms with Gasteiger partial charge in [0.05, 0.1) is 5.52 Å². The van der Waals surface area contributed by atoms with Gasteiger partial charge in [0, 0.05) is 16.5 Å². The number of aryl methyl sites for hydroxylation is 1. The molecule has 0 radical (unpaired) electrons. The Balaban J connectivity index is 2.77. The zero-order valence-electron chi connectivity index (χ0n) is 7.15. The first-order valence-electron chi connectivity index (χ1n) is 4.00. The quantitative estimate of drug-likeness (QED) is 0.515. The van der Waals surface area contributed by atoms with Crippen molar-refractivity contribution in [3.63, 3.8) is 0 Å². The summed E-state index contributed by atoms with van der Waals surface area (Å²) in [5, 5.41) is 25.8. The third-order valence-electron chi connectivity index (χ3n) is 2.08. The van der Waals surface area contributed by atoms with Crippen molar-refractivity contribution in [1.82, 2.24) is 10.2 Å². The van der Waals surface area contributed by atoms with Crippen LogP contribution in [0.1, 0.15) is 5.69 Å². The highest BCUT2D eigenvalue weighted by Crippen LogP contribution is 2.12. The average molecular weight is 176 g/mol. The van der Waals surface area contributed by atoms with Crippen LogP contribution in [0.25, 0.3) is 10.9 Å². The molecule has 5 heteroatoms. The Labute approximate surface area is 75.4 Å². The number of para-hydroxylation sites is 1. The number of rotatable bonds is 1. The zero-order chi connectivity index (χ0) is 9.42. The molecule has 13 heavy (non-hydrogen) atoms. The van der Waals surface area contributed by atoms with E-state index >= 15 is 0 Å². The molecule has 2 rings (SSSR count). The van der Waals surface area contributed by atoms with Gasteiger partial charge in [0.1, 0.15) is 0 Å². The monoisotopic (exact) mass is 176 g/mol. The van der Waals surface area contributed by atoms with Crippen molar-refractivity contribution >= 4 is 23.5 Å². The summed E-state index contributed by atoms with van der Waals surface area (Å²) >= 11 is 0. The molecule has 0 fully saturated rings. The number of fused-ring (bicyclic) bond motifs is 1. The Hall–Kier alpha value is -1.33. The minimum atomic E-state index is -1.47. The maximum atomic E-state index is 9.03. The van der Waals surface area contributed by atoms with Gasteiger partial charge in [-0.2, -0.15) is 5.10 Å². The van der Waals surface area contributed by atoms with E-state index in [0.717, 1.165) is 11.1 Å². The molecular formula is C8H9BN2O2. The lowest BCUT2D eigenvalue weighted by Crippen LogP contribution is -2.30. The number of nitrogens with one attached hydrogen (secondary N) is 1. The van der Waals surface area contributed by atoms with Gasteiger partial charge >= 0.3 is 7.12 Å². The van der Waals surface area contributed by atoms with Crippen LogP contribution in [0.15, 0.2) is 18.2 Å². The van der Waals surface area contributed by atoms with Gasteiger partial charge in [-0.05, 0) is 6.92 Å². The number of hydrogen-bond acceptors (Lipinski definition) is 3. The lowest BCUT2D eigenvalue weighted by molar-refractivity contribution is 0.426. The largest absolute Gasteiger partial charge is 0.490 e. The van der Waals surface area contributed by atoms with Crippen molar-refractivity contribution in [3.05, 3.63) is 23.9 Å². The Morgan fingerprint density at radius 2 is 2.15 bits per heavy atom. The summed E-state index contributed by atoms with van der Waals surface area (Å²) in [5.74, 6) is 0. The van der Waals surface area contributed by atoms with Gasteiger partial charge in [0.15, 0.2) is 0 Å². The molecule has 0 spiro atoms. The van der Waals surface area contributed by atoms with Gasteiger partial charge in [0.2, 0.25) is 0 Å². The molecule has 1 aromatic carbocycles. The fourth-order valence-corrected chi connectivity index (χ4v) is 1.40. The van der Waals surface area contributed by atoms with Crippen LogP contribution in [-0.2, 0) is 0 Å². The molecule has 0 bridgehead atoms. The summed E-state index contributed by atoms with van der Waals surface area (Å²) in [6, 6.07) is 5.31. The van der Waals surface area contributed by atoms with Crippen LogP contribution in [0.3, 0.4) is 0 Å². The molecule has 3 N–H and O–H groups in total. The van der Waals surface area contributed by atoms with E-state index in [4.69, 9.17) is 10.0 Å². The summed E-state index contributed by atoms with van der Waals surface area (Å²) in [4.78, 5) is 0. The first-order chi connectivity index (χ1) is 6.20. The molecule has 4 nitrogen and oxygen atoms in total. The third-order valence-corrected chi connectivity index (χ3v) is 2.08. The highest BCUT2D eigenvalue weighted by atomic mass is 16.4. The summed E-state index contributed by atoms with van der Waals surface area (Å²) in [5.41, 5.74) is 1.98. The Morgan fingerprint density at radius 3 is 2.85 bits per heavy atom. The molecule has 1 heterocycles. The standard InChI is InChI=1S/C8H9BN2O2/c1-5-6-3-2-4-7(9(12)13)8(6)11-10-5/h2-4,12-13H,1H3,(H,10,11). The van der Waals surface area contributed by atoms with Crippen molar-refractivity contribution in [2.24, 2.45) is 0 Å². The Morgan fingerprint density at radius 1 is 1.38 bits per heavy atom. The van der Waals surface area contributed by atoms with Crippen molar-refractivity contribution in [1.29, 1.82) is 0 Å². The minimum absolute atomic E-state index is 0.432. The number of aromatic nitrogens is 2. The topological polar surface area (TPSA) is 69.1 Å². The lowest BCUT2D eigenvalue weighted by atomic mass is 9.79. The van der Waals surface area contributed by atoms with Crippen molar-refractivity contribution in [2.75, 3.05) is 0 Å². The molecular weight excluding hydrogens is 167 g/mol. The fraction of sp³-hybridized carbons (Fsp3) is 0.125. The van der Waals surface area contributed by atoms with Gasteiger partial charge in [-0.3, -0.25) is 5.10 Å². The van der Waals surface area contributed by atoms with Crippen LogP contribution in [0.2, 0.25) is 0 Å². The second-order valence-corrected chi connectivity index (χ2v) is 2.97. The number of benzene rings is 1. The van der Waals surface area contributed by atoms with E-state index in [1.807, 2.05) is 13.0 Å². The van der Waals surface area contributed by atoms with Gasteiger partial charge in [0.25, 0.3) is 0 Å². The predicted octanol–water partition coefficient (Wildman–Crippen LogP) is -0.449. The number of nitrogens with zero attached hydrogens (tertiary/aromatic N) is 1. The summed E-state index contributed by atoms with van der Waals surface area (Å²) < 4.78 is 0. The molecule has 2 aromatic rings. The van der Waals surface area contributed by atoms with E-state index < -0.39 is 7.12 Å². The summed E-state index contributed by atoms with van der Waals surface area (Å²) in [7, 11) is -1.47. The first kappa shape index (κ1) is 8.28. The van der Waals surface area contributed by atoms with Crippen LogP contribution >= 0.6 is 0 Å². The smallest absolute Gasteiger partial charge is 0.423 e. The minimum Gasteiger partial charge on any atom is -0.423 e. The maximum Gasteiger partial charge on any atom is 0.490 e. The van der Waals surface area contributed by atoms with E-state index in [-0.39, 0.29) is 0 Å². The molecule has 0 saturated carbocycles. The van der Waals surface area contributed by atoms with Crippen molar-refractivity contribution in [3.8, 4) is 0 Å². The van der Waals surface area contributed by atoms with E-state index in [9.17, 15) is 0 Å². The molecule has 0 unspecified atom stereocenters. The second kappa shape index (κ2) is 2.87. The van der Waals surface area contributed by atoms with Crippen molar-refractivity contribution < 1.29 is 10.0 Å². The van der Waals surface area contributed by atoms with Crippen LogP contribution in [0.5, 0.6) is 0 Å². The Bertz CT molecular complexity index is 439. The molecule has 0 aliphatic rings. The second-order valence-electron chi connectivity index (χ2n) is 2.97. The Kier molecular flexibility index (Phi) is 1.83. The fourth-order valence-electron chi connectivity index (χ4n) is 1.40. The van der Waals surface area contributed by atoms with E-state index in [1.54, 1.807) is 12.1 Å². The van der Waals surface area contributed by atoms with E-state index in [2.05, 4.69) is 10.2 Å². The molecule has 0 saturated heterocycles. The van der Waals surface area contributed by atoms with Crippen LogP contribution in [-0.4, -0.2) is 27.4 Å². The van der Waals surface area contributed by atoms with E-state index in [1.165, 1.54) is 0 Å². The molecule has 1 aromatic heterocycles. The van der Waals surface area contributed by atoms with Crippen LogP contribution in [0, 0.1) is 6.92 Å². The average Bonchev–Trinajstić information content (AvgIpc) is 2.48. The molecule has 66 valence electrons. The first-order valence-corrected chi connectivity index (χ1v) is 4.00.